The van der Waals surface area contributed by atoms with Crippen molar-refractivity contribution in [2.45, 2.75) is 25.1 Å². The lowest BCUT2D eigenvalue weighted by Gasteiger charge is -2.10. The summed E-state index contributed by atoms with van der Waals surface area (Å²) in [6.07, 6.45) is -2.57. The molecule has 1 saturated heterocycles. The summed E-state index contributed by atoms with van der Waals surface area (Å²) in [5.74, 6) is -0.892. The van der Waals surface area contributed by atoms with Gasteiger partial charge in [0.1, 0.15) is 5.69 Å². The van der Waals surface area contributed by atoms with Crippen LogP contribution in [0.25, 0.3) is 0 Å². The average Bonchev–Trinajstić information content (AvgIpc) is 3.36. The largest absolute Gasteiger partial charge is 0.416 e. The number of alkyl halides is 3. The Kier molecular flexibility index (Phi) is 6.70. The van der Waals surface area contributed by atoms with Crippen LogP contribution in [-0.4, -0.2) is 42.6 Å². The van der Waals surface area contributed by atoms with Crippen molar-refractivity contribution in [3.8, 4) is 0 Å². The van der Waals surface area contributed by atoms with E-state index in [2.05, 4.69) is 20.9 Å². The maximum absolute atomic E-state index is 12.8. The van der Waals surface area contributed by atoms with Crippen LogP contribution in [0.1, 0.15) is 28.9 Å². The number of aromatic nitrogens is 1. The molecule has 0 saturated carbocycles. The first kappa shape index (κ1) is 21.1. The van der Waals surface area contributed by atoms with Crippen LogP contribution in [0.15, 0.2) is 29.6 Å². The van der Waals surface area contributed by atoms with Gasteiger partial charge in [-0.3, -0.25) is 9.59 Å². The summed E-state index contributed by atoms with van der Waals surface area (Å²) in [7, 11) is 0. The van der Waals surface area contributed by atoms with Crippen molar-refractivity contribution in [3.63, 3.8) is 0 Å². The van der Waals surface area contributed by atoms with Crippen LogP contribution >= 0.6 is 11.3 Å². The number of ether oxygens (including phenoxy) is 1. The molecule has 0 unspecified atom stereocenters. The Morgan fingerprint density at radius 1 is 1.28 bits per heavy atom. The normalized spacial score (nSPS) is 16.4. The minimum Gasteiger partial charge on any atom is -0.376 e. The van der Waals surface area contributed by atoms with E-state index in [0.29, 0.717) is 13.2 Å². The molecule has 1 atom stereocenters. The van der Waals surface area contributed by atoms with Crippen molar-refractivity contribution in [2.75, 3.05) is 25.0 Å². The van der Waals surface area contributed by atoms with Crippen molar-refractivity contribution < 1.29 is 27.5 Å². The number of anilines is 2. The molecule has 2 heterocycles. The second-order valence-corrected chi connectivity index (χ2v) is 7.22. The summed E-state index contributed by atoms with van der Waals surface area (Å²) in [6, 6.07) is 4.67. The van der Waals surface area contributed by atoms with Crippen LogP contribution in [0.5, 0.6) is 0 Å². The molecule has 1 aromatic carbocycles. The maximum Gasteiger partial charge on any atom is 0.416 e. The number of benzene rings is 1. The van der Waals surface area contributed by atoms with E-state index >= 15 is 0 Å². The van der Waals surface area contributed by atoms with Gasteiger partial charge in [-0.25, -0.2) is 4.98 Å². The average molecular weight is 428 g/mol. The summed E-state index contributed by atoms with van der Waals surface area (Å²) in [6.45, 7) is 0.883. The molecule has 156 valence electrons. The number of nitrogens with zero attached hydrogens (tertiary/aromatic N) is 1. The third-order valence-electron chi connectivity index (χ3n) is 4.14. The first-order chi connectivity index (χ1) is 13.8. The van der Waals surface area contributed by atoms with Crippen molar-refractivity contribution in [2.24, 2.45) is 0 Å². The Morgan fingerprint density at radius 3 is 2.83 bits per heavy atom. The lowest BCUT2D eigenvalue weighted by Crippen LogP contribution is -2.40. The number of thiazole rings is 1. The number of carbonyl (C=O) groups is 2. The van der Waals surface area contributed by atoms with Gasteiger partial charge in [0.25, 0.3) is 5.91 Å². The molecule has 11 heteroatoms. The molecule has 29 heavy (non-hydrogen) atoms. The molecule has 2 aromatic rings. The van der Waals surface area contributed by atoms with Gasteiger partial charge < -0.3 is 20.7 Å². The van der Waals surface area contributed by atoms with Gasteiger partial charge in [0.05, 0.1) is 18.2 Å². The van der Waals surface area contributed by atoms with E-state index in [9.17, 15) is 22.8 Å². The van der Waals surface area contributed by atoms with Gasteiger partial charge in [0, 0.05) is 24.2 Å². The van der Waals surface area contributed by atoms with Gasteiger partial charge in [0.15, 0.2) is 5.13 Å². The second-order valence-electron chi connectivity index (χ2n) is 6.36. The zero-order valence-corrected chi connectivity index (χ0v) is 16.0. The van der Waals surface area contributed by atoms with E-state index in [-0.39, 0.29) is 35.1 Å². The zero-order chi connectivity index (χ0) is 20.9. The molecule has 0 bridgehead atoms. The predicted molar refractivity (Wildman–Crippen MR) is 101 cm³/mol. The molecular formula is C18H19F3N4O3S. The highest BCUT2D eigenvalue weighted by Crippen LogP contribution is 2.31. The van der Waals surface area contributed by atoms with Gasteiger partial charge in [-0.05, 0) is 31.0 Å². The van der Waals surface area contributed by atoms with Gasteiger partial charge >= 0.3 is 6.18 Å². The number of nitrogens with one attached hydrogen (secondary N) is 3. The molecule has 3 N–H and O–H groups in total. The lowest BCUT2D eigenvalue weighted by atomic mass is 10.2. The minimum absolute atomic E-state index is 0.0117. The van der Waals surface area contributed by atoms with Gasteiger partial charge in [-0.1, -0.05) is 6.07 Å². The molecule has 0 radical (unpaired) electrons. The van der Waals surface area contributed by atoms with E-state index < -0.39 is 17.6 Å². The fourth-order valence-corrected chi connectivity index (χ4v) is 3.39. The molecule has 3 rings (SSSR count). The first-order valence-corrected chi connectivity index (χ1v) is 9.75. The second kappa shape index (κ2) is 9.23. The Balaban J connectivity index is 1.49. The molecule has 1 aliphatic rings. The third-order valence-corrected chi connectivity index (χ3v) is 4.90. The van der Waals surface area contributed by atoms with E-state index in [1.54, 1.807) is 0 Å². The van der Waals surface area contributed by atoms with Crippen LogP contribution in [-0.2, 0) is 15.7 Å². The summed E-state index contributed by atoms with van der Waals surface area (Å²) < 4.78 is 43.7. The Bertz CT molecular complexity index is 866. The molecular weight excluding hydrogens is 409 g/mol. The van der Waals surface area contributed by atoms with E-state index in [1.165, 1.54) is 17.5 Å². The van der Waals surface area contributed by atoms with Crippen LogP contribution in [0, 0.1) is 0 Å². The summed E-state index contributed by atoms with van der Waals surface area (Å²) in [5, 5.41) is 9.60. The fourth-order valence-electron chi connectivity index (χ4n) is 2.68. The maximum atomic E-state index is 12.8. The van der Waals surface area contributed by atoms with Crippen molar-refractivity contribution in [1.29, 1.82) is 0 Å². The SMILES string of the molecule is O=C(CNC(=O)c1csc(Nc2cccc(C(F)(F)F)c2)n1)NC[C@@H]1CCCO1. The molecule has 1 fully saturated rings. The summed E-state index contributed by atoms with van der Waals surface area (Å²) in [4.78, 5) is 28.0. The number of amides is 2. The lowest BCUT2D eigenvalue weighted by molar-refractivity contribution is -0.137. The predicted octanol–water partition coefficient (Wildman–Crippen LogP) is 2.93. The van der Waals surface area contributed by atoms with Crippen LogP contribution in [0.4, 0.5) is 24.0 Å². The molecule has 2 amide bonds. The van der Waals surface area contributed by atoms with Crippen molar-refractivity contribution in [3.05, 3.63) is 40.9 Å². The Hall–Kier alpha value is -2.66. The fraction of sp³-hybridized carbons (Fsp3) is 0.389. The first-order valence-electron chi connectivity index (χ1n) is 8.87. The topological polar surface area (TPSA) is 92.4 Å². The van der Waals surface area contributed by atoms with Gasteiger partial charge in [0.2, 0.25) is 5.91 Å². The van der Waals surface area contributed by atoms with Crippen molar-refractivity contribution in [1.82, 2.24) is 15.6 Å². The number of carbonyl (C=O) groups excluding carboxylic acids is 2. The quantitative estimate of drug-likeness (QED) is 0.631. The van der Waals surface area contributed by atoms with Crippen LogP contribution in [0.2, 0.25) is 0 Å². The Labute approximate surface area is 168 Å². The highest BCUT2D eigenvalue weighted by molar-refractivity contribution is 7.14. The van der Waals surface area contributed by atoms with E-state index in [4.69, 9.17) is 4.74 Å². The summed E-state index contributed by atoms with van der Waals surface area (Å²) >= 11 is 1.07. The smallest absolute Gasteiger partial charge is 0.376 e. The standard InChI is InChI=1S/C18H19F3N4O3S/c19-18(20,21)11-3-1-4-12(7-11)24-17-25-14(10-29-17)16(27)23-9-15(26)22-8-13-5-2-6-28-13/h1,3-4,7,10,13H,2,5-6,8-9H2,(H,22,26)(H,23,27)(H,24,25)/t13-/m0/s1. The molecule has 1 aromatic heterocycles. The molecule has 0 aliphatic carbocycles. The Morgan fingerprint density at radius 2 is 2.10 bits per heavy atom. The number of halogens is 3. The number of rotatable bonds is 7. The number of hydrogen-bond acceptors (Lipinski definition) is 6. The molecule has 7 nitrogen and oxygen atoms in total. The van der Waals surface area contributed by atoms with E-state index in [1.807, 2.05) is 0 Å². The number of hydrogen-bond donors (Lipinski definition) is 3. The summed E-state index contributed by atoms with van der Waals surface area (Å²) in [5.41, 5.74) is -0.517. The highest BCUT2D eigenvalue weighted by Gasteiger charge is 2.30. The van der Waals surface area contributed by atoms with Gasteiger partial charge in [-0.2, -0.15) is 13.2 Å². The van der Waals surface area contributed by atoms with Crippen LogP contribution < -0.4 is 16.0 Å². The monoisotopic (exact) mass is 428 g/mol. The minimum atomic E-state index is -4.45. The highest BCUT2D eigenvalue weighted by atomic mass is 32.1. The third kappa shape index (κ3) is 6.16. The van der Waals surface area contributed by atoms with Crippen molar-refractivity contribution >= 4 is 34.0 Å². The van der Waals surface area contributed by atoms with E-state index in [0.717, 1.165) is 36.3 Å². The molecule has 0 spiro atoms. The van der Waals surface area contributed by atoms with Gasteiger partial charge in [-0.15, -0.1) is 11.3 Å². The van der Waals surface area contributed by atoms with Crippen LogP contribution in [0.3, 0.4) is 0 Å². The zero-order valence-electron chi connectivity index (χ0n) is 15.2. The molecule has 1 aliphatic heterocycles.